The maximum absolute atomic E-state index is 12.0. The van der Waals surface area contributed by atoms with Crippen molar-refractivity contribution in [2.24, 2.45) is 0 Å². The lowest BCUT2D eigenvalue weighted by Crippen LogP contribution is -2.09. The predicted molar refractivity (Wildman–Crippen MR) is 80.3 cm³/mol. The van der Waals surface area contributed by atoms with E-state index in [4.69, 9.17) is 16.2 Å². The Labute approximate surface area is 118 Å². The molecule has 0 saturated carbocycles. The maximum atomic E-state index is 12.0. The van der Waals surface area contributed by atoms with Crippen LogP contribution in [0.3, 0.4) is 0 Å². The van der Waals surface area contributed by atoms with Crippen LogP contribution in [0.1, 0.15) is 27.0 Å². The maximum Gasteiger partial charge on any atom is 0.340 e. The molecule has 4 N–H and O–H groups in total. The van der Waals surface area contributed by atoms with Crippen LogP contribution in [0.5, 0.6) is 0 Å². The highest BCUT2D eigenvalue weighted by Gasteiger charge is 2.11. The molecule has 0 unspecified atom stereocenters. The summed E-state index contributed by atoms with van der Waals surface area (Å²) < 4.78 is 5.29. The molecule has 0 aliphatic carbocycles. The number of rotatable bonds is 3. The van der Waals surface area contributed by atoms with Gasteiger partial charge in [-0.1, -0.05) is 29.3 Å². The molecule has 2 aromatic rings. The van der Waals surface area contributed by atoms with Gasteiger partial charge in [-0.05, 0) is 37.6 Å². The zero-order valence-corrected chi connectivity index (χ0v) is 11.6. The zero-order chi connectivity index (χ0) is 14.7. The van der Waals surface area contributed by atoms with Crippen molar-refractivity contribution in [3.8, 4) is 0 Å². The molecule has 0 spiro atoms. The highest BCUT2D eigenvalue weighted by Crippen LogP contribution is 2.18. The number of esters is 1. The molecule has 0 fully saturated rings. The first kappa shape index (κ1) is 13.9. The van der Waals surface area contributed by atoms with Crippen molar-refractivity contribution in [2.75, 3.05) is 11.5 Å². The zero-order valence-electron chi connectivity index (χ0n) is 11.6. The van der Waals surface area contributed by atoms with Gasteiger partial charge in [-0.2, -0.15) is 0 Å². The third kappa shape index (κ3) is 3.29. The van der Waals surface area contributed by atoms with Gasteiger partial charge in [-0.25, -0.2) is 4.79 Å². The smallest absolute Gasteiger partial charge is 0.340 e. The van der Waals surface area contributed by atoms with E-state index in [1.54, 1.807) is 18.2 Å². The summed E-state index contributed by atoms with van der Waals surface area (Å²) in [4.78, 5) is 12.0. The first-order valence-electron chi connectivity index (χ1n) is 6.35. The Morgan fingerprint density at radius 1 is 1.05 bits per heavy atom. The Hall–Kier alpha value is -2.49. The Bertz CT molecular complexity index is 631. The van der Waals surface area contributed by atoms with Crippen LogP contribution < -0.4 is 11.5 Å². The van der Waals surface area contributed by atoms with Crippen LogP contribution in [0, 0.1) is 13.8 Å². The molecule has 0 heterocycles. The molecule has 0 radical (unpaired) electrons. The summed E-state index contributed by atoms with van der Waals surface area (Å²) in [6.45, 7) is 4.25. The first-order chi connectivity index (χ1) is 9.45. The van der Waals surface area contributed by atoms with Gasteiger partial charge in [0.2, 0.25) is 0 Å². The van der Waals surface area contributed by atoms with Crippen LogP contribution in [-0.4, -0.2) is 5.97 Å². The van der Waals surface area contributed by atoms with Crippen molar-refractivity contribution >= 4 is 17.3 Å². The van der Waals surface area contributed by atoms with Crippen molar-refractivity contribution in [3.05, 3.63) is 58.7 Å². The number of carbonyl (C=O) groups excluding carboxylic acids is 1. The summed E-state index contributed by atoms with van der Waals surface area (Å²) in [6.07, 6.45) is 0. The Balaban J connectivity index is 2.08. The number of carbonyl (C=O) groups is 1. The summed E-state index contributed by atoms with van der Waals surface area (Å²) in [5.41, 5.74) is 15.8. The number of nitrogens with two attached hydrogens (primary N) is 2. The van der Waals surface area contributed by atoms with E-state index in [9.17, 15) is 4.79 Å². The van der Waals surface area contributed by atoms with Gasteiger partial charge in [-0.3, -0.25) is 0 Å². The van der Waals surface area contributed by atoms with Gasteiger partial charge in [0.1, 0.15) is 6.61 Å². The van der Waals surface area contributed by atoms with Crippen molar-refractivity contribution in [3.63, 3.8) is 0 Å². The Morgan fingerprint density at radius 3 is 2.30 bits per heavy atom. The van der Waals surface area contributed by atoms with E-state index in [1.807, 2.05) is 26.0 Å². The van der Waals surface area contributed by atoms with Crippen LogP contribution in [0.15, 0.2) is 36.4 Å². The van der Waals surface area contributed by atoms with E-state index in [0.29, 0.717) is 16.9 Å². The minimum Gasteiger partial charge on any atom is -0.457 e. The lowest BCUT2D eigenvalue weighted by molar-refractivity contribution is 0.0474. The lowest BCUT2D eigenvalue weighted by Gasteiger charge is -2.09. The average Bonchev–Trinajstić information content (AvgIpc) is 2.35. The summed E-state index contributed by atoms with van der Waals surface area (Å²) in [6, 6.07) is 10.8. The second-order valence-corrected chi connectivity index (χ2v) is 4.92. The van der Waals surface area contributed by atoms with Gasteiger partial charge in [0.15, 0.2) is 0 Å². The van der Waals surface area contributed by atoms with Crippen LogP contribution in [0.2, 0.25) is 0 Å². The van der Waals surface area contributed by atoms with E-state index < -0.39 is 5.97 Å². The summed E-state index contributed by atoms with van der Waals surface area (Å²) >= 11 is 0. The number of nitrogen functional groups attached to an aromatic ring is 2. The average molecular weight is 270 g/mol. The fourth-order valence-corrected chi connectivity index (χ4v) is 2.15. The molecule has 0 saturated heterocycles. The van der Waals surface area contributed by atoms with Gasteiger partial charge in [0.05, 0.1) is 5.56 Å². The fraction of sp³-hybridized carbons (Fsp3) is 0.188. The standard InChI is InChI=1S/C16H18N2O2/c1-10-5-11(2)7-12(6-10)9-20-16(19)14-4-3-13(17)8-15(14)18/h3-8H,9,17-18H2,1-2H3. The number of benzene rings is 2. The lowest BCUT2D eigenvalue weighted by atomic mass is 10.1. The first-order valence-corrected chi connectivity index (χ1v) is 6.35. The van der Waals surface area contributed by atoms with Gasteiger partial charge in [-0.15, -0.1) is 0 Å². The van der Waals surface area contributed by atoms with E-state index >= 15 is 0 Å². The number of ether oxygens (including phenoxy) is 1. The molecule has 0 aliphatic heterocycles. The van der Waals surface area contributed by atoms with Gasteiger partial charge in [0.25, 0.3) is 0 Å². The molecule has 0 amide bonds. The van der Waals surface area contributed by atoms with E-state index in [1.165, 1.54) is 0 Å². The Morgan fingerprint density at radius 2 is 1.70 bits per heavy atom. The molecule has 4 nitrogen and oxygen atoms in total. The normalized spacial score (nSPS) is 10.3. The molecule has 0 atom stereocenters. The molecule has 4 heteroatoms. The number of hydrogen-bond acceptors (Lipinski definition) is 4. The van der Waals surface area contributed by atoms with Gasteiger partial charge in [0, 0.05) is 11.4 Å². The molecule has 2 rings (SSSR count). The second kappa shape index (κ2) is 5.65. The minimum absolute atomic E-state index is 0.227. The van der Waals surface area contributed by atoms with Crippen molar-refractivity contribution in [2.45, 2.75) is 20.5 Å². The van der Waals surface area contributed by atoms with Gasteiger partial charge < -0.3 is 16.2 Å². The summed E-state index contributed by atoms with van der Waals surface area (Å²) in [5.74, 6) is -0.443. The largest absolute Gasteiger partial charge is 0.457 e. The summed E-state index contributed by atoms with van der Waals surface area (Å²) in [7, 11) is 0. The third-order valence-corrected chi connectivity index (χ3v) is 2.95. The van der Waals surface area contributed by atoms with Crippen molar-refractivity contribution < 1.29 is 9.53 Å². The fourth-order valence-electron chi connectivity index (χ4n) is 2.15. The molecule has 0 aliphatic rings. The second-order valence-electron chi connectivity index (χ2n) is 4.92. The quantitative estimate of drug-likeness (QED) is 0.664. The molecular weight excluding hydrogens is 252 g/mol. The van der Waals surface area contributed by atoms with Crippen LogP contribution in [0.4, 0.5) is 11.4 Å². The monoisotopic (exact) mass is 270 g/mol. The van der Waals surface area contributed by atoms with Crippen LogP contribution >= 0.6 is 0 Å². The highest BCUT2D eigenvalue weighted by atomic mass is 16.5. The number of hydrogen-bond donors (Lipinski definition) is 2. The highest BCUT2D eigenvalue weighted by molar-refractivity contribution is 5.95. The van der Waals surface area contributed by atoms with E-state index in [-0.39, 0.29) is 6.61 Å². The number of anilines is 2. The third-order valence-electron chi connectivity index (χ3n) is 2.95. The van der Waals surface area contributed by atoms with E-state index in [2.05, 4.69) is 6.07 Å². The van der Waals surface area contributed by atoms with Gasteiger partial charge >= 0.3 is 5.97 Å². The van der Waals surface area contributed by atoms with E-state index in [0.717, 1.165) is 16.7 Å². The van der Waals surface area contributed by atoms with Crippen molar-refractivity contribution in [1.82, 2.24) is 0 Å². The van der Waals surface area contributed by atoms with Crippen molar-refractivity contribution in [1.29, 1.82) is 0 Å². The summed E-state index contributed by atoms with van der Waals surface area (Å²) in [5, 5.41) is 0. The minimum atomic E-state index is -0.443. The molecule has 2 aromatic carbocycles. The molecule has 20 heavy (non-hydrogen) atoms. The molecule has 0 aromatic heterocycles. The molecule has 104 valence electrons. The SMILES string of the molecule is Cc1cc(C)cc(COC(=O)c2ccc(N)cc2N)c1. The topological polar surface area (TPSA) is 78.3 Å². The predicted octanol–water partition coefficient (Wildman–Crippen LogP) is 2.82. The van der Waals surface area contributed by atoms with Crippen LogP contribution in [-0.2, 0) is 11.3 Å². The van der Waals surface area contributed by atoms with Crippen LogP contribution in [0.25, 0.3) is 0 Å². The molecular formula is C16H18N2O2. The Kier molecular flexibility index (Phi) is 3.94. The molecule has 0 bridgehead atoms. The number of aryl methyl sites for hydroxylation is 2.